The molecule has 1 fully saturated rings. The minimum absolute atomic E-state index is 0.580. The van der Waals surface area contributed by atoms with Gasteiger partial charge in [0.25, 0.3) is 0 Å². The monoisotopic (exact) mass is 217 g/mol. The summed E-state index contributed by atoms with van der Waals surface area (Å²) >= 11 is 0. The standard InChI is InChI=1S/C15H23N/c1-12(14-7-5-4-6-8-14)11-16-13(2)15(3)9-10-15/h4-8,12-13,16H,9-11H2,1-3H3. The average Bonchev–Trinajstić information content (AvgIpc) is 3.06. The lowest BCUT2D eigenvalue weighted by Crippen LogP contribution is -2.35. The van der Waals surface area contributed by atoms with E-state index in [4.69, 9.17) is 0 Å². The lowest BCUT2D eigenvalue weighted by molar-refractivity contribution is 0.374. The Morgan fingerprint density at radius 3 is 2.38 bits per heavy atom. The van der Waals surface area contributed by atoms with Crippen molar-refractivity contribution in [1.82, 2.24) is 5.32 Å². The van der Waals surface area contributed by atoms with Crippen LogP contribution >= 0.6 is 0 Å². The molecule has 0 heterocycles. The molecule has 0 amide bonds. The molecule has 2 rings (SSSR count). The maximum atomic E-state index is 3.68. The predicted molar refractivity (Wildman–Crippen MR) is 69.7 cm³/mol. The minimum atomic E-state index is 0.580. The third-order valence-electron chi connectivity index (χ3n) is 4.18. The Bertz CT molecular complexity index is 327. The number of hydrogen-bond acceptors (Lipinski definition) is 1. The van der Waals surface area contributed by atoms with Crippen molar-refractivity contribution in [2.45, 2.75) is 45.6 Å². The zero-order valence-corrected chi connectivity index (χ0v) is 10.7. The van der Waals surface area contributed by atoms with Crippen LogP contribution in [0.4, 0.5) is 0 Å². The van der Waals surface area contributed by atoms with E-state index >= 15 is 0 Å². The van der Waals surface area contributed by atoms with Crippen LogP contribution in [0.5, 0.6) is 0 Å². The van der Waals surface area contributed by atoms with Crippen molar-refractivity contribution in [3.05, 3.63) is 35.9 Å². The van der Waals surface area contributed by atoms with Crippen molar-refractivity contribution in [3.8, 4) is 0 Å². The van der Waals surface area contributed by atoms with E-state index in [1.54, 1.807) is 0 Å². The molecule has 0 saturated heterocycles. The Hall–Kier alpha value is -0.820. The Kier molecular flexibility index (Phi) is 3.34. The normalized spacial score (nSPS) is 21.4. The van der Waals surface area contributed by atoms with Gasteiger partial charge in [0, 0.05) is 12.6 Å². The molecule has 2 unspecified atom stereocenters. The van der Waals surface area contributed by atoms with Gasteiger partial charge in [0.05, 0.1) is 0 Å². The molecular weight excluding hydrogens is 194 g/mol. The van der Waals surface area contributed by atoms with Gasteiger partial charge in [-0.05, 0) is 36.7 Å². The molecule has 16 heavy (non-hydrogen) atoms. The van der Waals surface area contributed by atoms with Crippen LogP contribution in [0.3, 0.4) is 0 Å². The van der Waals surface area contributed by atoms with Gasteiger partial charge in [0.15, 0.2) is 0 Å². The van der Waals surface area contributed by atoms with Gasteiger partial charge in [0.1, 0.15) is 0 Å². The van der Waals surface area contributed by atoms with Crippen LogP contribution in [0.1, 0.15) is 45.1 Å². The fourth-order valence-corrected chi connectivity index (χ4v) is 2.13. The van der Waals surface area contributed by atoms with Crippen molar-refractivity contribution >= 4 is 0 Å². The zero-order valence-electron chi connectivity index (χ0n) is 10.7. The average molecular weight is 217 g/mol. The first-order valence-electron chi connectivity index (χ1n) is 6.40. The van der Waals surface area contributed by atoms with E-state index in [9.17, 15) is 0 Å². The Morgan fingerprint density at radius 2 is 1.81 bits per heavy atom. The first-order chi connectivity index (χ1) is 7.62. The second-order valence-electron chi connectivity index (χ2n) is 5.60. The number of benzene rings is 1. The van der Waals surface area contributed by atoms with Crippen molar-refractivity contribution < 1.29 is 0 Å². The first kappa shape index (κ1) is 11.7. The van der Waals surface area contributed by atoms with E-state index in [-0.39, 0.29) is 0 Å². The van der Waals surface area contributed by atoms with Crippen molar-refractivity contribution in [2.24, 2.45) is 5.41 Å². The maximum absolute atomic E-state index is 3.68. The fourth-order valence-electron chi connectivity index (χ4n) is 2.13. The zero-order chi connectivity index (χ0) is 11.6. The molecule has 1 N–H and O–H groups in total. The first-order valence-corrected chi connectivity index (χ1v) is 6.40. The molecule has 0 bridgehead atoms. The largest absolute Gasteiger partial charge is 0.313 e. The minimum Gasteiger partial charge on any atom is -0.313 e. The predicted octanol–water partition coefficient (Wildman–Crippen LogP) is 3.57. The summed E-state index contributed by atoms with van der Waals surface area (Å²) in [7, 11) is 0. The van der Waals surface area contributed by atoms with Crippen molar-refractivity contribution in [2.75, 3.05) is 6.54 Å². The fraction of sp³-hybridized carbons (Fsp3) is 0.600. The Morgan fingerprint density at radius 1 is 1.19 bits per heavy atom. The number of hydrogen-bond donors (Lipinski definition) is 1. The highest BCUT2D eigenvalue weighted by Crippen LogP contribution is 2.47. The highest BCUT2D eigenvalue weighted by molar-refractivity contribution is 5.19. The lowest BCUT2D eigenvalue weighted by Gasteiger charge is -2.23. The van der Waals surface area contributed by atoms with Gasteiger partial charge >= 0.3 is 0 Å². The van der Waals surface area contributed by atoms with Crippen LogP contribution in [0, 0.1) is 5.41 Å². The molecule has 1 aliphatic rings. The number of rotatable bonds is 5. The van der Waals surface area contributed by atoms with Gasteiger partial charge < -0.3 is 5.32 Å². The van der Waals surface area contributed by atoms with Gasteiger partial charge in [-0.25, -0.2) is 0 Å². The molecule has 1 nitrogen and oxygen atoms in total. The van der Waals surface area contributed by atoms with Crippen LogP contribution in [-0.4, -0.2) is 12.6 Å². The van der Waals surface area contributed by atoms with Crippen molar-refractivity contribution in [3.63, 3.8) is 0 Å². The summed E-state index contributed by atoms with van der Waals surface area (Å²) in [6.07, 6.45) is 2.78. The summed E-state index contributed by atoms with van der Waals surface area (Å²) < 4.78 is 0. The molecule has 1 aliphatic carbocycles. The second kappa shape index (κ2) is 4.58. The Labute approximate surface area is 99.3 Å². The molecule has 1 aromatic carbocycles. The summed E-state index contributed by atoms with van der Waals surface area (Å²) in [6, 6.07) is 11.4. The molecule has 0 aromatic heterocycles. The van der Waals surface area contributed by atoms with E-state index in [1.807, 2.05) is 0 Å². The van der Waals surface area contributed by atoms with Gasteiger partial charge in [-0.1, -0.05) is 44.2 Å². The topological polar surface area (TPSA) is 12.0 Å². The van der Waals surface area contributed by atoms with Crippen LogP contribution < -0.4 is 5.32 Å². The van der Waals surface area contributed by atoms with Gasteiger partial charge in [-0.15, -0.1) is 0 Å². The molecule has 0 radical (unpaired) electrons. The highest BCUT2D eigenvalue weighted by Gasteiger charge is 2.42. The third-order valence-corrected chi connectivity index (χ3v) is 4.18. The SMILES string of the molecule is CC(CNC(C)C1(C)CC1)c1ccccc1. The quantitative estimate of drug-likeness (QED) is 0.795. The van der Waals surface area contributed by atoms with E-state index < -0.39 is 0 Å². The van der Waals surface area contributed by atoms with Crippen molar-refractivity contribution in [1.29, 1.82) is 0 Å². The maximum Gasteiger partial charge on any atom is 0.00927 e. The summed E-state index contributed by atoms with van der Waals surface area (Å²) in [5, 5.41) is 3.68. The summed E-state index contributed by atoms with van der Waals surface area (Å²) in [6.45, 7) is 8.09. The smallest absolute Gasteiger partial charge is 0.00927 e. The van der Waals surface area contributed by atoms with Crippen LogP contribution in [0.2, 0.25) is 0 Å². The molecule has 1 aromatic rings. The van der Waals surface area contributed by atoms with Crippen LogP contribution in [0.25, 0.3) is 0 Å². The molecule has 1 saturated carbocycles. The van der Waals surface area contributed by atoms with Gasteiger partial charge in [-0.3, -0.25) is 0 Å². The van der Waals surface area contributed by atoms with E-state index in [1.165, 1.54) is 18.4 Å². The lowest BCUT2D eigenvalue weighted by atomic mass is 9.98. The van der Waals surface area contributed by atoms with E-state index in [2.05, 4.69) is 56.4 Å². The van der Waals surface area contributed by atoms with Crippen LogP contribution in [-0.2, 0) is 0 Å². The third kappa shape index (κ3) is 2.65. The van der Waals surface area contributed by atoms with E-state index in [0.717, 1.165) is 6.54 Å². The summed E-state index contributed by atoms with van der Waals surface area (Å²) in [5.41, 5.74) is 2.01. The molecule has 0 aliphatic heterocycles. The van der Waals surface area contributed by atoms with Crippen LogP contribution in [0.15, 0.2) is 30.3 Å². The summed E-state index contributed by atoms with van der Waals surface area (Å²) in [4.78, 5) is 0. The molecule has 2 atom stereocenters. The van der Waals surface area contributed by atoms with E-state index in [0.29, 0.717) is 17.4 Å². The van der Waals surface area contributed by atoms with Gasteiger partial charge in [-0.2, -0.15) is 0 Å². The second-order valence-corrected chi connectivity index (χ2v) is 5.60. The summed E-state index contributed by atoms with van der Waals surface area (Å²) in [5.74, 6) is 0.603. The Balaban J connectivity index is 1.82. The molecule has 88 valence electrons. The number of nitrogens with one attached hydrogen (secondary N) is 1. The molecular formula is C15H23N. The molecule has 1 heteroatoms. The highest BCUT2D eigenvalue weighted by atomic mass is 14.9. The molecule has 0 spiro atoms. The van der Waals surface area contributed by atoms with Gasteiger partial charge in [0.2, 0.25) is 0 Å².